The molecule has 0 radical (unpaired) electrons. The molecule has 5 aromatic rings. The topological polar surface area (TPSA) is 114 Å². The molecule has 0 bridgehead atoms. The zero-order valence-electron chi connectivity index (χ0n) is 20.8. The van der Waals surface area contributed by atoms with E-state index in [1.165, 1.54) is 6.07 Å². The van der Waals surface area contributed by atoms with Crippen molar-refractivity contribution < 1.29 is 13.2 Å². The van der Waals surface area contributed by atoms with Gasteiger partial charge in [-0.2, -0.15) is 0 Å². The largest absolute Gasteiger partial charge is 0.377 e. The van der Waals surface area contributed by atoms with E-state index in [-0.39, 0.29) is 11.1 Å². The van der Waals surface area contributed by atoms with Gasteiger partial charge < -0.3 is 14.6 Å². The third-order valence-electron chi connectivity index (χ3n) is 6.72. The maximum absolute atomic E-state index is 12.0. The number of fused-ring (bicyclic) bond motifs is 2. The molecule has 5 heterocycles. The molecule has 1 aliphatic heterocycles. The molecule has 0 saturated carbocycles. The summed E-state index contributed by atoms with van der Waals surface area (Å²) in [4.78, 5) is 24.8. The predicted molar refractivity (Wildman–Crippen MR) is 143 cm³/mol. The van der Waals surface area contributed by atoms with Gasteiger partial charge in [0.05, 0.1) is 30.5 Å². The van der Waals surface area contributed by atoms with E-state index in [0.717, 1.165) is 39.6 Å². The van der Waals surface area contributed by atoms with Crippen molar-refractivity contribution in [3.63, 3.8) is 0 Å². The van der Waals surface area contributed by atoms with Crippen LogP contribution in [0.1, 0.15) is 12.6 Å². The number of pyridine rings is 2. The Morgan fingerprint density at radius 3 is 2.65 bits per heavy atom. The first-order chi connectivity index (χ1) is 17.8. The molecular formula is C27H26N6O3S. The first kappa shape index (κ1) is 23.5. The lowest BCUT2D eigenvalue weighted by Gasteiger charge is -2.34. The van der Waals surface area contributed by atoms with Gasteiger partial charge in [0.15, 0.2) is 26.5 Å². The minimum Gasteiger partial charge on any atom is -0.377 e. The maximum Gasteiger partial charge on any atom is 0.192 e. The molecule has 0 aliphatic carbocycles. The molecule has 1 fully saturated rings. The standard InChI is InChI=1S/C27H26N6O3S/c1-16-15-36-14-13-33(16)27-25-23(31-26(32-27)20-5-4-6-21-19(20)11-12-28-21)9-8-22(30-25)18-7-10-24(29-17(18)2)37(3,34)35/h4-12,16,28H,13-15H2,1-3H3/t16-/m1/s1. The number of anilines is 1. The fourth-order valence-electron chi connectivity index (χ4n) is 4.81. The van der Waals surface area contributed by atoms with Crippen molar-refractivity contribution in [1.82, 2.24) is 24.9 Å². The van der Waals surface area contributed by atoms with Gasteiger partial charge in [0.1, 0.15) is 5.52 Å². The SMILES string of the molecule is Cc1nc(S(C)(=O)=O)ccc1-c1ccc2nc(-c3cccc4[nH]ccc34)nc(N3CCOC[C@H]3C)c2n1. The third kappa shape index (κ3) is 4.21. The van der Waals surface area contributed by atoms with Crippen LogP contribution in [0.15, 0.2) is 59.8 Å². The summed E-state index contributed by atoms with van der Waals surface area (Å²) in [5.74, 6) is 1.39. The quantitative estimate of drug-likeness (QED) is 0.380. The van der Waals surface area contributed by atoms with E-state index in [4.69, 9.17) is 19.7 Å². The number of benzene rings is 1. The molecule has 1 aromatic carbocycles. The van der Waals surface area contributed by atoms with E-state index in [1.807, 2.05) is 42.6 Å². The van der Waals surface area contributed by atoms with E-state index in [0.29, 0.717) is 42.5 Å². The summed E-state index contributed by atoms with van der Waals surface area (Å²) in [6.45, 7) is 5.80. The van der Waals surface area contributed by atoms with Crippen LogP contribution < -0.4 is 4.90 Å². The lowest BCUT2D eigenvalue weighted by Crippen LogP contribution is -2.44. The Morgan fingerprint density at radius 1 is 1.00 bits per heavy atom. The molecule has 1 atom stereocenters. The summed E-state index contributed by atoms with van der Waals surface area (Å²) in [6, 6.07) is 15.3. The molecule has 1 saturated heterocycles. The Bertz CT molecular complexity index is 1770. The summed E-state index contributed by atoms with van der Waals surface area (Å²) in [7, 11) is -3.40. The van der Waals surface area contributed by atoms with Crippen LogP contribution in [-0.2, 0) is 14.6 Å². The molecular weight excluding hydrogens is 488 g/mol. The van der Waals surface area contributed by atoms with Gasteiger partial charge in [0.2, 0.25) is 0 Å². The van der Waals surface area contributed by atoms with E-state index >= 15 is 0 Å². The average Bonchev–Trinajstić information content (AvgIpc) is 3.37. The minimum absolute atomic E-state index is 0.0456. The number of hydrogen-bond acceptors (Lipinski definition) is 8. The molecule has 188 valence electrons. The summed E-state index contributed by atoms with van der Waals surface area (Å²) in [5, 5.41) is 1.10. The van der Waals surface area contributed by atoms with Crippen molar-refractivity contribution in [3.05, 3.63) is 60.4 Å². The fourth-order valence-corrected chi connectivity index (χ4v) is 5.43. The van der Waals surface area contributed by atoms with Gasteiger partial charge in [-0.15, -0.1) is 0 Å². The van der Waals surface area contributed by atoms with Crippen LogP contribution >= 0.6 is 0 Å². The lowest BCUT2D eigenvalue weighted by atomic mass is 10.1. The van der Waals surface area contributed by atoms with Gasteiger partial charge >= 0.3 is 0 Å². The van der Waals surface area contributed by atoms with Gasteiger partial charge in [0.25, 0.3) is 0 Å². The van der Waals surface area contributed by atoms with Crippen molar-refractivity contribution in [2.75, 3.05) is 30.9 Å². The first-order valence-electron chi connectivity index (χ1n) is 12.1. The van der Waals surface area contributed by atoms with Crippen LogP contribution in [0.2, 0.25) is 0 Å². The highest BCUT2D eigenvalue weighted by Gasteiger charge is 2.25. The number of hydrogen-bond donors (Lipinski definition) is 1. The second-order valence-electron chi connectivity index (χ2n) is 9.35. The van der Waals surface area contributed by atoms with Crippen LogP contribution in [0.4, 0.5) is 5.82 Å². The van der Waals surface area contributed by atoms with Gasteiger partial charge in [0, 0.05) is 46.7 Å². The minimum atomic E-state index is -3.40. The molecule has 9 nitrogen and oxygen atoms in total. The Hall–Kier alpha value is -3.89. The monoisotopic (exact) mass is 514 g/mol. The van der Waals surface area contributed by atoms with Crippen LogP contribution in [0, 0.1) is 6.92 Å². The number of aromatic amines is 1. The van der Waals surface area contributed by atoms with Crippen LogP contribution in [0.25, 0.3) is 44.6 Å². The Balaban J connectivity index is 1.55. The number of nitrogens with zero attached hydrogens (tertiary/aromatic N) is 5. The van der Waals surface area contributed by atoms with Crippen LogP contribution in [0.5, 0.6) is 0 Å². The zero-order valence-corrected chi connectivity index (χ0v) is 21.6. The molecule has 10 heteroatoms. The van der Waals surface area contributed by atoms with Crippen LogP contribution in [-0.4, -0.2) is 65.4 Å². The molecule has 4 aromatic heterocycles. The molecule has 6 rings (SSSR count). The summed E-state index contributed by atoms with van der Waals surface area (Å²) in [5.41, 5.74) is 5.42. The zero-order chi connectivity index (χ0) is 25.7. The van der Waals surface area contributed by atoms with Crippen LogP contribution in [0.3, 0.4) is 0 Å². The molecule has 37 heavy (non-hydrogen) atoms. The first-order valence-corrected chi connectivity index (χ1v) is 14.0. The summed E-state index contributed by atoms with van der Waals surface area (Å²) >= 11 is 0. The maximum atomic E-state index is 12.0. The second-order valence-corrected chi connectivity index (χ2v) is 11.3. The number of sulfone groups is 1. The molecule has 1 aliphatic rings. The number of ether oxygens (including phenoxy) is 1. The Labute approximate surface area is 214 Å². The van der Waals surface area contributed by atoms with E-state index in [2.05, 4.69) is 21.8 Å². The number of aryl methyl sites for hydroxylation is 1. The highest BCUT2D eigenvalue weighted by atomic mass is 32.2. The number of morpholine rings is 1. The lowest BCUT2D eigenvalue weighted by molar-refractivity contribution is 0.0987. The fraction of sp³-hybridized carbons (Fsp3) is 0.259. The van der Waals surface area contributed by atoms with Crippen molar-refractivity contribution >= 4 is 37.6 Å². The van der Waals surface area contributed by atoms with E-state index in [9.17, 15) is 8.42 Å². The molecule has 0 unspecified atom stereocenters. The highest BCUT2D eigenvalue weighted by Crippen LogP contribution is 2.33. The normalized spacial score (nSPS) is 16.5. The molecule has 0 spiro atoms. The second kappa shape index (κ2) is 8.89. The van der Waals surface area contributed by atoms with Crippen molar-refractivity contribution in [2.45, 2.75) is 24.9 Å². The molecule has 0 amide bonds. The number of H-pyrrole nitrogens is 1. The Kier molecular flexibility index (Phi) is 5.65. The smallest absolute Gasteiger partial charge is 0.192 e. The Morgan fingerprint density at radius 2 is 1.86 bits per heavy atom. The average molecular weight is 515 g/mol. The number of nitrogens with one attached hydrogen (secondary N) is 1. The summed E-state index contributed by atoms with van der Waals surface area (Å²) in [6.07, 6.45) is 3.07. The van der Waals surface area contributed by atoms with Gasteiger partial charge in [-0.05, 0) is 50.2 Å². The number of rotatable bonds is 4. The molecule has 1 N–H and O–H groups in total. The third-order valence-corrected chi connectivity index (χ3v) is 7.70. The predicted octanol–water partition coefficient (Wildman–Crippen LogP) is 4.17. The van der Waals surface area contributed by atoms with Gasteiger partial charge in [-0.25, -0.2) is 28.4 Å². The van der Waals surface area contributed by atoms with Gasteiger partial charge in [-0.1, -0.05) is 12.1 Å². The van der Waals surface area contributed by atoms with Gasteiger partial charge in [-0.3, -0.25) is 0 Å². The number of aromatic nitrogens is 5. The van der Waals surface area contributed by atoms with Crippen molar-refractivity contribution in [3.8, 4) is 22.6 Å². The van der Waals surface area contributed by atoms with E-state index in [1.54, 1.807) is 13.0 Å². The summed E-state index contributed by atoms with van der Waals surface area (Å²) < 4.78 is 29.6. The van der Waals surface area contributed by atoms with E-state index < -0.39 is 9.84 Å². The highest BCUT2D eigenvalue weighted by molar-refractivity contribution is 7.90. The van der Waals surface area contributed by atoms with Crippen molar-refractivity contribution in [2.24, 2.45) is 0 Å². The van der Waals surface area contributed by atoms with Crippen molar-refractivity contribution in [1.29, 1.82) is 0 Å².